The molecule has 0 spiro atoms. The van der Waals surface area contributed by atoms with Crippen LogP contribution in [0.15, 0.2) is 18.7 Å². The van der Waals surface area contributed by atoms with Crippen molar-refractivity contribution in [1.82, 2.24) is 0 Å². The predicted octanol–water partition coefficient (Wildman–Crippen LogP) is 4.20. The van der Waals surface area contributed by atoms with Crippen molar-refractivity contribution >= 4 is 6.08 Å². The van der Waals surface area contributed by atoms with Gasteiger partial charge in [0.25, 0.3) is 0 Å². The molecule has 0 aliphatic rings. The van der Waals surface area contributed by atoms with Gasteiger partial charge in [0.05, 0.1) is 7.11 Å². The van der Waals surface area contributed by atoms with Crippen LogP contribution in [0.1, 0.15) is 44.4 Å². The van der Waals surface area contributed by atoms with Crippen LogP contribution in [0.25, 0.3) is 6.08 Å². The molecule has 1 rings (SSSR count). The van der Waals surface area contributed by atoms with Gasteiger partial charge in [-0.2, -0.15) is 0 Å². The highest BCUT2D eigenvalue weighted by molar-refractivity contribution is 5.61. The third-order valence-corrected chi connectivity index (χ3v) is 2.82. The van der Waals surface area contributed by atoms with Crippen LogP contribution in [0.4, 0.5) is 0 Å². The molecule has 16 heavy (non-hydrogen) atoms. The van der Waals surface area contributed by atoms with Crippen LogP contribution in [-0.2, 0) is 11.8 Å². The van der Waals surface area contributed by atoms with E-state index in [4.69, 9.17) is 4.74 Å². The summed E-state index contributed by atoms with van der Waals surface area (Å²) in [5, 5.41) is 0. The molecule has 0 unspecified atom stereocenters. The van der Waals surface area contributed by atoms with Crippen LogP contribution in [0.5, 0.6) is 5.75 Å². The maximum atomic E-state index is 5.52. The highest BCUT2D eigenvalue weighted by Crippen LogP contribution is 2.35. The van der Waals surface area contributed by atoms with E-state index < -0.39 is 0 Å². The Morgan fingerprint density at radius 1 is 1.31 bits per heavy atom. The smallest absolute Gasteiger partial charge is 0.129 e. The van der Waals surface area contributed by atoms with Crippen molar-refractivity contribution in [3.8, 4) is 5.75 Å². The molecule has 0 bridgehead atoms. The maximum Gasteiger partial charge on any atom is 0.129 e. The molecule has 0 aromatic heterocycles. The van der Waals surface area contributed by atoms with E-state index in [1.807, 2.05) is 6.08 Å². The highest BCUT2D eigenvalue weighted by Gasteiger charge is 2.21. The van der Waals surface area contributed by atoms with Crippen molar-refractivity contribution in [2.24, 2.45) is 0 Å². The van der Waals surface area contributed by atoms with Gasteiger partial charge in [-0.3, -0.25) is 0 Å². The van der Waals surface area contributed by atoms with Gasteiger partial charge in [-0.1, -0.05) is 46.4 Å². The molecule has 0 saturated carbocycles. The number of rotatable bonds is 3. The van der Waals surface area contributed by atoms with Crippen molar-refractivity contribution in [3.05, 3.63) is 35.4 Å². The zero-order valence-corrected chi connectivity index (χ0v) is 11.1. The molecule has 88 valence electrons. The fourth-order valence-electron chi connectivity index (χ4n) is 1.85. The fraction of sp³-hybridized carbons (Fsp3) is 0.467. The molecule has 0 amide bonds. The standard InChI is InChI=1S/C15H22O/c1-7-11-9-12(8-2)14(16-6)13(10-11)15(3,4)5/h8-10H,2,7H2,1,3-6H3. The Morgan fingerprint density at radius 3 is 2.31 bits per heavy atom. The fourth-order valence-corrected chi connectivity index (χ4v) is 1.85. The van der Waals surface area contributed by atoms with Crippen molar-refractivity contribution in [2.45, 2.75) is 39.5 Å². The second kappa shape index (κ2) is 4.73. The van der Waals surface area contributed by atoms with Crippen LogP contribution < -0.4 is 4.74 Å². The Kier molecular flexibility index (Phi) is 3.79. The predicted molar refractivity (Wildman–Crippen MR) is 71.2 cm³/mol. The molecule has 1 aromatic rings. The minimum Gasteiger partial charge on any atom is -0.496 e. The molecule has 0 heterocycles. The third-order valence-electron chi connectivity index (χ3n) is 2.82. The van der Waals surface area contributed by atoms with E-state index in [0.29, 0.717) is 0 Å². The number of aryl methyl sites for hydroxylation is 1. The number of methoxy groups -OCH3 is 1. The minimum absolute atomic E-state index is 0.0916. The van der Waals surface area contributed by atoms with E-state index in [0.717, 1.165) is 17.7 Å². The van der Waals surface area contributed by atoms with Gasteiger partial charge in [-0.15, -0.1) is 0 Å². The van der Waals surface area contributed by atoms with Crippen LogP contribution in [0.3, 0.4) is 0 Å². The Bertz CT molecular complexity index is 383. The number of benzene rings is 1. The second-order valence-electron chi connectivity index (χ2n) is 5.07. The first-order valence-electron chi connectivity index (χ1n) is 5.77. The van der Waals surface area contributed by atoms with Crippen molar-refractivity contribution in [2.75, 3.05) is 7.11 Å². The molecular formula is C15H22O. The molecule has 0 radical (unpaired) electrons. The molecule has 0 aliphatic heterocycles. The van der Waals surface area contributed by atoms with Crippen LogP contribution in [0.2, 0.25) is 0 Å². The van der Waals surface area contributed by atoms with Gasteiger partial charge in [0.2, 0.25) is 0 Å². The first-order chi connectivity index (χ1) is 7.43. The van der Waals surface area contributed by atoms with Crippen LogP contribution in [-0.4, -0.2) is 7.11 Å². The zero-order valence-electron chi connectivity index (χ0n) is 11.1. The average molecular weight is 218 g/mol. The summed E-state index contributed by atoms with van der Waals surface area (Å²) in [6.07, 6.45) is 2.90. The van der Waals surface area contributed by atoms with Crippen LogP contribution in [0, 0.1) is 0 Å². The molecular weight excluding hydrogens is 196 g/mol. The first-order valence-corrected chi connectivity index (χ1v) is 5.77. The number of ether oxygens (including phenoxy) is 1. The highest BCUT2D eigenvalue weighted by atomic mass is 16.5. The quantitative estimate of drug-likeness (QED) is 0.739. The molecule has 0 saturated heterocycles. The van der Waals surface area contributed by atoms with E-state index in [1.54, 1.807) is 7.11 Å². The van der Waals surface area contributed by atoms with Crippen LogP contribution >= 0.6 is 0 Å². The van der Waals surface area contributed by atoms with Gasteiger partial charge in [0, 0.05) is 11.1 Å². The summed E-state index contributed by atoms with van der Waals surface area (Å²) in [5.41, 5.74) is 3.77. The van der Waals surface area contributed by atoms with E-state index in [2.05, 4.69) is 46.4 Å². The summed E-state index contributed by atoms with van der Waals surface area (Å²) in [7, 11) is 1.73. The van der Waals surface area contributed by atoms with Gasteiger partial charge in [-0.25, -0.2) is 0 Å². The van der Waals surface area contributed by atoms with Crippen molar-refractivity contribution in [3.63, 3.8) is 0 Å². The monoisotopic (exact) mass is 218 g/mol. The van der Waals surface area contributed by atoms with E-state index in [-0.39, 0.29) is 5.41 Å². The van der Waals surface area contributed by atoms with Gasteiger partial charge >= 0.3 is 0 Å². The lowest BCUT2D eigenvalue weighted by molar-refractivity contribution is 0.396. The lowest BCUT2D eigenvalue weighted by Crippen LogP contribution is -2.14. The lowest BCUT2D eigenvalue weighted by Gasteiger charge is -2.24. The van der Waals surface area contributed by atoms with E-state index in [9.17, 15) is 0 Å². The second-order valence-corrected chi connectivity index (χ2v) is 5.07. The molecule has 0 N–H and O–H groups in total. The van der Waals surface area contributed by atoms with Crippen molar-refractivity contribution in [1.29, 1.82) is 0 Å². The molecule has 1 aromatic carbocycles. The molecule has 0 atom stereocenters. The van der Waals surface area contributed by atoms with Gasteiger partial charge in [0.1, 0.15) is 5.75 Å². The van der Waals surface area contributed by atoms with Gasteiger partial charge < -0.3 is 4.74 Å². The molecule has 0 fully saturated rings. The Labute approximate surface area is 99.1 Å². The lowest BCUT2D eigenvalue weighted by atomic mass is 9.83. The summed E-state index contributed by atoms with van der Waals surface area (Å²) in [5.74, 6) is 0.958. The number of hydrogen-bond donors (Lipinski definition) is 0. The van der Waals surface area contributed by atoms with Gasteiger partial charge in [0.15, 0.2) is 0 Å². The summed E-state index contributed by atoms with van der Waals surface area (Å²) in [6, 6.07) is 4.40. The van der Waals surface area contributed by atoms with Crippen molar-refractivity contribution < 1.29 is 4.74 Å². The minimum atomic E-state index is 0.0916. The summed E-state index contributed by atoms with van der Waals surface area (Å²) < 4.78 is 5.52. The largest absolute Gasteiger partial charge is 0.496 e. The Hall–Kier alpha value is -1.24. The SMILES string of the molecule is C=Cc1cc(CC)cc(C(C)(C)C)c1OC. The Morgan fingerprint density at radius 2 is 1.94 bits per heavy atom. The summed E-state index contributed by atoms with van der Waals surface area (Å²) in [4.78, 5) is 0. The number of hydrogen-bond acceptors (Lipinski definition) is 1. The third kappa shape index (κ3) is 2.46. The topological polar surface area (TPSA) is 9.23 Å². The molecule has 1 nitrogen and oxygen atoms in total. The maximum absolute atomic E-state index is 5.52. The van der Waals surface area contributed by atoms with E-state index >= 15 is 0 Å². The summed E-state index contributed by atoms with van der Waals surface area (Å²) in [6.45, 7) is 12.6. The molecule has 1 heteroatoms. The van der Waals surface area contributed by atoms with E-state index in [1.165, 1.54) is 11.1 Å². The first kappa shape index (κ1) is 12.8. The van der Waals surface area contributed by atoms with Gasteiger partial charge in [-0.05, 0) is 23.5 Å². The average Bonchev–Trinajstić information content (AvgIpc) is 2.25. The molecule has 0 aliphatic carbocycles. The summed E-state index contributed by atoms with van der Waals surface area (Å²) >= 11 is 0. The Balaban J connectivity index is 3.49. The normalized spacial score (nSPS) is 11.3. The zero-order chi connectivity index (χ0) is 12.3.